The molecule has 0 aromatic heterocycles. The van der Waals surface area contributed by atoms with Crippen LogP contribution in [0.1, 0.15) is 25.5 Å². The Morgan fingerprint density at radius 1 is 1.50 bits per heavy atom. The molecule has 2 unspecified atom stereocenters. The molecule has 1 aliphatic heterocycles. The summed E-state index contributed by atoms with van der Waals surface area (Å²) >= 11 is 1.90. The molecule has 1 heterocycles. The Morgan fingerprint density at radius 3 is 3.10 bits per heavy atom. The van der Waals surface area contributed by atoms with Crippen LogP contribution in [0, 0.1) is 0 Å². The summed E-state index contributed by atoms with van der Waals surface area (Å²) in [6.45, 7) is 8.55. The number of rotatable bonds is 6. The van der Waals surface area contributed by atoms with Crippen molar-refractivity contribution >= 4 is 11.8 Å². The molecule has 1 saturated heterocycles. The maximum Gasteiger partial charge on any atom is 0.0796 e. The first-order chi connectivity index (χ1) is 9.72. The Hall–Kier alpha value is -0.550. The van der Waals surface area contributed by atoms with Gasteiger partial charge in [-0.15, -0.1) is 11.8 Å². The highest BCUT2D eigenvalue weighted by molar-refractivity contribution is 7.99. The van der Waals surface area contributed by atoms with E-state index in [1.165, 1.54) is 10.5 Å². The van der Waals surface area contributed by atoms with Gasteiger partial charge in [0, 0.05) is 29.8 Å². The molecule has 0 saturated carbocycles. The van der Waals surface area contributed by atoms with E-state index in [4.69, 9.17) is 4.74 Å². The molecule has 0 radical (unpaired) electrons. The molecule has 0 aliphatic carbocycles. The van der Waals surface area contributed by atoms with Gasteiger partial charge in [0.2, 0.25) is 0 Å². The lowest BCUT2D eigenvalue weighted by molar-refractivity contribution is -0.0137. The van der Waals surface area contributed by atoms with Crippen molar-refractivity contribution in [2.24, 2.45) is 0 Å². The first kappa shape index (κ1) is 15.8. The van der Waals surface area contributed by atoms with Crippen LogP contribution in [0.4, 0.5) is 0 Å². The Labute approximate surface area is 127 Å². The maximum atomic E-state index is 5.86. The van der Waals surface area contributed by atoms with Crippen molar-refractivity contribution in [3.63, 3.8) is 0 Å². The summed E-state index contributed by atoms with van der Waals surface area (Å²) in [6.07, 6.45) is 0.360. The van der Waals surface area contributed by atoms with Crippen LogP contribution in [-0.2, 0) is 4.74 Å². The molecule has 1 aromatic carbocycles. The number of hydrogen-bond donors (Lipinski definition) is 1. The van der Waals surface area contributed by atoms with E-state index in [2.05, 4.69) is 48.3 Å². The largest absolute Gasteiger partial charge is 0.375 e. The number of thioether (sulfide) groups is 1. The number of likely N-dealkylation sites (N-methyl/N-ethyl adjacent to an activating group) is 1. The summed E-state index contributed by atoms with van der Waals surface area (Å²) in [5, 5.41) is 3.29. The van der Waals surface area contributed by atoms with E-state index in [9.17, 15) is 0 Å². The number of nitrogens with one attached hydrogen (secondary N) is 1. The van der Waals surface area contributed by atoms with Gasteiger partial charge in [-0.3, -0.25) is 4.90 Å². The lowest BCUT2D eigenvalue weighted by atomic mass is 10.1. The quantitative estimate of drug-likeness (QED) is 0.816. The van der Waals surface area contributed by atoms with Crippen molar-refractivity contribution in [3.8, 4) is 0 Å². The van der Waals surface area contributed by atoms with Crippen molar-refractivity contribution in [2.75, 3.05) is 39.0 Å². The molecule has 1 fully saturated rings. The third-order valence-corrected chi connectivity index (χ3v) is 5.02. The normalized spacial score (nSPS) is 21.9. The fourth-order valence-corrected chi connectivity index (χ4v) is 3.37. The number of nitrogens with zero attached hydrogens (tertiary/aromatic N) is 1. The summed E-state index contributed by atoms with van der Waals surface area (Å²) in [5.41, 5.74) is 1.34. The molecular weight excluding hydrogens is 268 g/mol. The second-order valence-electron chi connectivity index (χ2n) is 5.28. The predicted molar refractivity (Wildman–Crippen MR) is 86.5 cm³/mol. The Balaban J connectivity index is 1.87. The molecule has 1 N–H and O–H groups in total. The van der Waals surface area contributed by atoms with Crippen LogP contribution in [-0.4, -0.2) is 50.0 Å². The summed E-state index contributed by atoms with van der Waals surface area (Å²) in [7, 11) is 2.00. The number of morpholine rings is 1. The van der Waals surface area contributed by atoms with Gasteiger partial charge in [0.05, 0.1) is 12.7 Å². The molecule has 0 spiro atoms. The van der Waals surface area contributed by atoms with Crippen molar-refractivity contribution < 1.29 is 4.74 Å². The summed E-state index contributed by atoms with van der Waals surface area (Å²) in [5.74, 6) is 1.04. The Kier molecular flexibility index (Phi) is 6.36. The second kappa shape index (κ2) is 8.03. The topological polar surface area (TPSA) is 24.5 Å². The summed E-state index contributed by atoms with van der Waals surface area (Å²) in [6, 6.07) is 9.20. The van der Waals surface area contributed by atoms with Crippen LogP contribution in [0.2, 0.25) is 0 Å². The predicted octanol–water partition coefficient (Wildman–Crippen LogP) is 2.78. The third kappa shape index (κ3) is 4.48. The zero-order valence-electron chi connectivity index (χ0n) is 12.8. The fourth-order valence-electron chi connectivity index (χ4n) is 2.40. The van der Waals surface area contributed by atoms with Crippen molar-refractivity contribution in [1.82, 2.24) is 10.2 Å². The molecule has 4 heteroatoms. The zero-order valence-corrected chi connectivity index (χ0v) is 13.6. The molecule has 0 amide bonds. The van der Waals surface area contributed by atoms with Gasteiger partial charge in [-0.05, 0) is 38.2 Å². The van der Waals surface area contributed by atoms with Crippen LogP contribution in [0.25, 0.3) is 0 Å². The van der Waals surface area contributed by atoms with Crippen LogP contribution in [0.5, 0.6) is 0 Å². The lowest BCUT2D eigenvalue weighted by Crippen LogP contribution is -2.43. The van der Waals surface area contributed by atoms with Gasteiger partial charge >= 0.3 is 0 Å². The summed E-state index contributed by atoms with van der Waals surface area (Å²) in [4.78, 5) is 3.80. The average molecular weight is 294 g/mol. The highest BCUT2D eigenvalue weighted by Crippen LogP contribution is 2.24. The molecule has 2 rings (SSSR count). The minimum absolute atomic E-state index is 0.360. The van der Waals surface area contributed by atoms with Crippen molar-refractivity contribution in [1.29, 1.82) is 0 Å². The minimum Gasteiger partial charge on any atom is -0.375 e. The van der Waals surface area contributed by atoms with E-state index in [1.807, 2.05) is 18.8 Å². The minimum atomic E-state index is 0.360. The molecule has 0 bridgehead atoms. The van der Waals surface area contributed by atoms with Gasteiger partial charge in [0.25, 0.3) is 0 Å². The van der Waals surface area contributed by atoms with Crippen molar-refractivity contribution in [3.05, 3.63) is 29.8 Å². The van der Waals surface area contributed by atoms with E-state index < -0.39 is 0 Å². The zero-order chi connectivity index (χ0) is 14.4. The molecule has 3 nitrogen and oxygen atoms in total. The third-order valence-electron chi connectivity index (χ3n) is 3.90. The van der Waals surface area contributed by atoms with Crippen LogP contribution < -0.4 is 5.32 Å². The number of benzene rings is 1. The van der Waals surface area contributed by atoms with Crippen LogP contribution in [0.3, 0.4) is 0 Å². The van der Waals surface area contributed by atoms with E-state index >= 15 is 0 Å². The van der Waals surface area contributed by atoms with E-state index in [0.717, 1.165) is 32.0 Å². The highest BCUT2D eigenvalue weighted by atomic mass is 32.2. The second-order valence-corrected chi connectivity index (χ2v) is 6.37. The molecular formula is C16H26N2OS. The standard InChI is InChI=1S/C16H26N2OS/c1-4-18-8-9-19-15(11-18)12-20-16-7-5-6-14(10-16)13(2)17-3/h5-7,10,13,15,17H,4,8-9,11-12H2,1-3H3. The van der Waals surface area contributed by atoms with Gasteiger partial charge in [0.1, 0.15) is 0 Å². The van der Waals surface area contributed by atoms with E-state index in [-0.39, 0.29) is 0 Å². The smallest absolute Gasteiger partial charge is 0.0796 e. The molecule has 1 aromatic rings. The van der Waals surface area contributed by atoms with Crippen LogP contribution in [0.15, 0.2) is 29.2 Å². The van der Waals surface area contributed by atoms with Gasteiger partial charge in [-0.2, -0.15) is 0 Å². The molecule has 112 valence electrons. The van der Waals surface area contributed by atoms with Gasteiger partial charge in [0.15, 0.2) is 0 Å². The maximum absolute atomic E-state index is 5.86. The number of hydrogen-bond acceptors (Lipinski definition) is 4. The molecule has 2 atom stereocenters. The van der Waals surface area contributed by atoms with E-state index in [0.29, 0.717) is 12.1 Å². The highest BCUT2D eigenvalue weighted by Gasteiger charge is 2.19. The first-order valence-corrected chi connectivity index (χ1v) is 8.45. The lowest BCUT2D eigenvalue weighted by Gasteiger charge is -2.31. The molecule has 20 heavy (non-hydrogen) atoms. The number of ether oxygens (including phenoxy) is 1. The SMILES string of the molecule is CCN1CCOC(CSc2cccc(C(C)NC)c2)C1. The van der Waals surface area contributed by atoms with Crippen molar-refractivity contribution in [2.45, 2.75) is 30.9 Å². The molecule has 1 aliphatic rings. The van der Waals surface area contributed by atoms with Gasteiger partial charge < -0.3 is 10.1 Å². The fraction of sp³-hybridized carbons (Fsp3) is 0.625. The van der Waals surface area contributed by atoms with Crippen LogP contribution >= 0.6 is 11.8 Å². The Bertz CT molecular complexity index is 413. The van der Waals surface area contributed by atoms with Gasteiger partial charge in [-0.1, -0.05) is 19.1 Å². The van der Waals surface area contributed by atoms with Gasteiger partial charge in [-0.25, -0.2) is 0 Å². The van der Waals surface area contributed by atoms with E-state index in [1.54, 1.807) is 0 Å². The summed E-state index contributed by atoms with van der Waals surface area (Å²) < 4.78 is 5.86. The Morgan fingerprint density at radius 2 is 2.35 bits per heavy atom. The first-order valence-electron chi connectivity index (χ1n) is 7.47. The monoisotopic (exact) mass is 294 g/mol. The average Bonchev–Trinajstić information content (AvgIpc) is 2.52.